The summed E-state index contributed by atoms with van der Waals surface area (Å²) >= 11 is 0. The standard InChI is InChI=1S/C23H18F2N6O/c1-12-5-3-6-14-9-17(13(2)30-22-19-21(27-10-26-19)28-11-29-22)31(23(32)18(12)14)20-15(24)7-4-8-16(20)25/h3-11,13H,1-2H3,(H2,26,27,28,29,30). The molecule has 2 N–H and O–H groups in total. The third-order valence-corrected chi connectivity index (χ3v) is 5.46. The van der Waals surface area contributed by atoms with E-state index in [0.29, 0.717) is 33.4 Å². The van der Waals surface area contributed by atoms with E-state index in [9.17, 15) is 13.6 Å². The number of H-pyrrole nitrogens is 1. The van der Waals surface area contributed by atoms with Crippen LogP contribution in [0, 0.1) is 18.6 Å². The van der Waals surface area contributed by atoms with E-state index < -0.39 is 28.9 Å². The molecule has 0 aliphatic carbocycles. The van der Waals surface area contributed by atoms with Crippen molar-refractivity contribution >= 4 is 27.8 Å². The van der Waals surface area contributed by atoms with Crippen molar-refractivity contribution in [3.05, 3.63) is 88.4 Å². The molecule has 0 aliphatic heterocycles. The molecular weight excluding hydrogens is 414 g/mol. The van der Waals surface area contributed by atoms with Gasteiger partial charge in [0, 0.05) is 5.69 Å². The Morgan fingerprint density at radius 1 is 1.06 bits per heavy atom. The lowest BCUT2D eigenvalue weighted by Gasteiger charge is -2.22. The summed E-state index contributed by atoms with van der Waals surface area (Å²) < 4.78 is 30.7. The van der Waals surface area contributed by atoms with Gasteiger partial charge in [0.15, 0.2) is 11.5 Å². The number of pyridine rings is 1. The second kappa shape index (κ2) is 7.52. The zero-order chi connectivity index (χ0) is 22.4. The van der Waals surface area contributed by atoms with Crippen LogP contribution >= 0.6 is 0 Å². The second-order valence-corrected chi connectivity index (χ2v) is 7.51. The van der Waals surface area contributed by atoms with Crippen LogP contribution in [0.25, 0.3) is 27.6 Å². The average Bonchev–Trinajstić information content (AvgIpc) is 3.24. The van der Waals surface area contributed by atoms with Crippen molar-refractivity contribution in [2.24, 2.45) is 0 Å². The van der Waals surface area contributed by atoms with E-state index in [4.69, 9.17) is 0 Å². The molecule has 3 heterocycles. The summed E-state index contributed by atoms with van der Waals surface area (Å²) in [5.74, 6) is -1.20. The number of fused-ring (bicyclic) bond motifs is 2. The van der Waals surface area contributed by atoms with Crippen molar-refractivity contribution in [2.45, 2.75) is 19.9 Å². The number of anilines is 1. The van der Waals surface area contributed by atoms with E-state index >= 15 is 0 Å². The SMILES string of the molecule is Cc1cccc2cc(C(C)Nc3ncnc4nc[nH]c34)n(-c3c(F)cccc3F)c(=O)c12. The predicted molar refractivity (Wildman–Crippen MR) is 118 cm³/mol. The number of para-hydroxylation sites is 1. The third kappa shape index (κ3) is 3.09. The average molecular weight is 432 g/mol. The molecule has 3 aromatic heterocycles. The van der Waals surface area contributed by atoms with Crippen molar-refractivity contribution in [1.82, 2.24) is 24.5 Å². The van der Waals surface area contributed by atoms with Crippen molar-refractivity contribution in [3.63, 3.8) is 0 Å². The minimum atomic E-state index is -0.827. The Morgan fingerprint density at radius 3 is 2.59 bits per heavy atom. The number of rotatable bonds is 4. The number of aromatic amines is 1. The summed E-state index contributed by atoms with van der Waals surface area (Å²) in [4.78, 5) is 29.0. The number of aryl methyl sites for hydroxylation is 1. The van der Waals surface area contributed by atoms with Gasteiger partial charge in [0.2, 0.25) is 0 Å². The first kappa shape index (κ1) is 19.8. The maximum atomic E-state index is 14.8. The quantitative estimate of drug-likeness (QED) is 0.439. The Balaban J connectivity index is 1.76. The molecule has 9 heteroatoms. The van der Waals surface area contributed by atoms with Crippen molar-refractivity contribution in [3.8, 4) is 5.69 Å². The number of nitrogens with zero attached hydrogens (tertiary/aromatic N) is 4. The summed E-state index contributed by atoms with van der Waals surface area (Å²) in [6.07, 6.45) is 2.87. The van der Waals surface area contributed by atoms with Crippen molar-refractivity contribution in [2.75, 3.05) is 5.32 Å². The molecule has 1 unspecified atom stereocenters. The fourth-order valence-electron chi connectivity index (χ4n) is 3.96. The number of hydrogen-bond acceptors (Lipinski definition) is 5. The summed E-state index contributed by atoms with van der Waals surface area (Å²) in [5.41, 5.74) is 1.25. The number of aromatic nitrogens is 5. The van der Waals surface area contributed by atoms with E-state index in [0.717, 1.165) is 22.3 Å². The first-order valence-electron chi connectivity index (χ1n) is 9.96. The van der Waals surface area contributed by atoms with Crippen LogP contribution in [0.2, 0.25) is 0 Å². The highest BCUT2D eigenvalue weighted by molar-refractivity contribution is 5.86. The maximum absolute atomic E-state index is 14.8. The highest BCUT2D eigenvalue weighted by atomic mass is 19.1. The van der Waals surface area contributed by atoms with Crippen LogP contribution in [-0.4, -0.2) is 24.5 Å². The number of benzene rings is 2. The van der Waals surface area contributed by atoms with Crippen LogP contribution < -0.4 is 10.9 Å². The minimum absolute atomic E-state index is 0.378. The number of hydrogen-bond donors (Lipinski definition) is 2. The highest BCUT2D eigenvalue weighted by Gasteiger charge is 2.22. The van der Waals surface area contributed by atoms with Gasteiger partial charge in [-0.2, -0.15) is 0 Å². The Bertz CT molecular complexity index is 1520. The monoisotopic (exact) mass is 432 g/mol. The molecule has 32 heavy (non-hydrogen) atoms. The summed E-state index contributed by atoms with van der Waals surface area (Å²) in [7, 11) is 0. The Hall–Kier alpha value is -4.14. The fraction of sp³-hybridized carbons (Fsp3) is 0.130. The topological polar surface area (TPSA) is 88.5 Å². The number of nitrogens with one attached hydrogen (secondary N) is 2. The summed E-state index contributed by atoms with van der Waals surface area (Å²) in [6.45, 7) is 3.58. The van der Waals surface area contributed by atoms with Crippen LogP contribution in [0.15, 0.2) is 59.9 Å². The second-order valence-electron chi connectivity index (χ2n) is 7.51. The molecule has 0 spiro atoms. The number of imidazole rings is 1. The smallest absolute Gasteiger partial charge is 0.263 e. The zero-order valence-electron chi connectivity index (χ0n) is 17.2. The molecule has 160 valence electrons. The van der Waals surface area contributed by atoms with Gasteiger partial charge >= 0.3 is 0 Å². The van der Waals surface area contributed by atoms with E-state index in [1.165, 1.54) is 18.7 Å². The van der Waals surface area contributed by atoms with Gasteiger partial charge in [-0.25, -0.2) is 23.7 Å². The first-order valence-corrected chi connectivity index (χ1v) is 9.96. The molecule has 2 aromatic carbocycles. The molecule has 0 bridgehead atoms. The largest absolute Gasteiger partial charge is 0.360 e. The lowest BCUT2D eigenvalue weighted by molar-refractivity contribution is 0.561. The maximum Gasteiger partial charge on any atom is 0.263 e. The van der Waals surface area contributed by atoms with E-state index in [-0.39, 0.29) is 0 Å². The van der Waals surface area contributed by atoms with Gasteiger partial charge in [-0.15, -0.1) is 0 Å². The lowest BCUT2D eigenvalue weighted by atomic mass is 10.0. The molecule has 0 fully saturated rings. The molecule has 5 rings (SSSR count). The molecular formula is C23H18F2N6O. The van der Waals surface area contributed by atoms with E-state index in [1.807, 2.05) is 6.07 Å². The van der Waals surface area contributed by atoms with Gasteiger partial charge in [-0.1, -0.05) is 24.3 Å². The van der Waals surface area contributed by atoms with Crippen LogP contribution in [-0.2, 0) is 0 Å². The van der Waals surface area contributed by atoms with Gasteiger partial charge < -0.3 is 10.3 Å². The first-order chi connectivity index (χ1) is 15.5. The fourth-order valence-corrected chi connectivity index (χ4v) is 3.96. The molecule has 7 nitrogen and oxygen atoms in total. The highest BCUT2D eigenvalue weighted by Crippen LogP contribution is 2.28. The number of halogens is 2. The molecule has 0 saturated carbocycles. The lowest BCUT2D eigenvalue weighted by Crippen LogP contribution is -2.27. The molecule has 5 aromatic rings. The van der Waals surface area contributed by atoms with Gasteiger partial charge in [0.05, 0.1) is 17.8 Å². The zero-order valence-corrected chi connectivity index (χ0v) is 17.2. The molecule has 0 radical (unpaired) electrons. The normalized spacial score (nSPS) is 12.4. The minimum Gasteiger partial charge on any atom is -0.360 e. The van der Waals surface area contributed by atoms with Crippen LogP contribution in [0.1, 0.15) is 24.2 Å². The third-order valence-electron chi connectivity index (χ3n) is 5.46. The summed E-state index contributed by atoms with van der Waals surface area (Å²) in [5, 5.41) is 4.30. The van der Waals surface area contributed by atoms with Crippen molar-refractivity contribution < 1.29 is 8.78 Å². The van der Waals surface area contributed by atoms with Crippen LogP contribution in [0.5, 0.6) is 0 Å². The summed E-state index contributed by atoms with van der Waals surface area (Å²) in [6, 6.07) is 10.2. The molecule has 0 aliphatic rings. The Labute approximate surface area is 180 Å². The van der Waals surface area contributed by atoms with E-state index in [1.54, 1.807) is 32.0 Å². The van der Waals surface area contributed by atoms with Crippen LogP contribution in [0.3, 0.4) is 0 Å². The molecule has 1 atom stereocenters. The van der Waals surface area contributed by atoms with Crippen molar-refractivity contribution in [1.29, 1.82) is 0 Å². The Morgan fingerprint density at radius 2 is 1.81 bits per heavy atom. The van der Waals surface area contributed by atoms with Crippen LogP contribution in [0.4, 0.5) is 14.6 Å². The Kier molecular flexibility index (Phi) is 4.66. The van der Waals surface area contributed by atoms with Gasteiger partial charge in [0.25, 0.3) is 5.56 Å². The molecule has 0 saturated heterocycles. The van der Waals surface area contributed by atoms with E-state index in [2.05, 4.69) is 25.3 Å². The molecule has 0 amide bonds. The van der Waals surface area contributed by atoms with Gasteiger partial charge in [-0.05, 0) is 43.0 Å². The van der Waals surface area contributed by atoms with Gasteiger partial charge in [-0.3, -0.25) is 9.36 Å². The predicted octanol–water partition coefficient (Wildman–Crippen LogP) is 4.42. The van der Waals surface area contributed by atoms with Gasteiger partial charge in [0.1, 0.15) is 29.2 Å².